The Hall–Kier alpha value is -2.00. The van der Waals surface area contributed by atoms with Crippen molar-refractivity contribution in [1.29, 1.82) is 0 Å². The maximum Gasteiger partial charge on any atom is 0.418 e. The Bertz CT molecular complexity index is 740. The van der Waals surface area contributed by atoms with Gasteiger partial charge in [-0.25, -0.2) is 4.79 Å². The van der Waals surface area contributed by atoms with Crippen LogP contribution in [0.5, 0.6) is 0 Å². The van der Waals surface area contributed by atoms with Gasteiger partial charge in [-0.3, -0.25) is 25.0 Å². The minimum atomic E-state index is -4.85. The molecule has 14 heteroatoms. The average molecular weight is 420 g/mol. The van der Waals surface area contributed by atoms with E-state index in [-0.39, 0.29) is 31.5 Å². The first kappa shape index (κ1) is 20.7. The van der Waals surface area contributed by atoms with Gasteiger partial charge in [0.25, 0.3) is 5.91 Å². The number of amides is 4. The van der Waals surface area contributed by atoms with Crippen molar-refractivity contribution in [1.82, 2.24) is 26.1 Å². The quantitative estimate of drug-likeness (QED) is 0.231. The lowest BCUT2D eigenvalue weighted by atomic mass is 10.0. The Balaban J connectivity index is 1.50. The van der Waals surface area contributed by atoms with Gasteiger partial charge in [-0.15, -0.1) is 4.28 Å². The number of hydrogen-bond donors (Lipinski definition) is 5. The molecule has 4 amide bonds. The van der Waals surface area contributed by atoms with E-state index in [0.717, 1.165) is 24.3 Å². The van der Waals surface area contributed by atoms with Crippen LogP contribution in [0.1, 0.15) is 32.1 Å². The summed E-state index contributed by atoms with van der Waals surface area (Å²) < 4.78 is 34.8. The molecule has 0 spiro atoms. The normalized spacial score (nSPS) is 28.4. The second-order valence-corrected chi connectivity index (χ2v) is 8.12. The van der Waals surface area contributed by atoms with Crippen molar-refractivity contribution >= 4 is 28.2 Å². The van der Waals surface area contributed by atoms with Crippen LogP contribution in [0.4, 0.5) is 4.79 Å². The van der Waals surface area contributed by atoms with Crippen molar-refractivity contribution in [3.8, 4) is 0 Å². The second kappa shape index (κ2) is 8.16. The molecule has 0 aliphatic carbocycles. The molecule has 13 nitrogen and oxygen atoms in total. The van der Waals surface area contributed by atoms with Gasteiger partial charge in [0.15, 0.2) is 0 Å². The van der Waals surface area contributed by atoms with Crippen LogP contribution in [0, 0.1) is 0 Å². The molecule has 3 heterocycles. The van der Waals surface area contributed by atoms with Gasteiger partial charge in [-0.05, 0) is 32.2 Å². The lowest BCUT2D eigenvalue weighted by Gasteiger charge is -2.29. The molecule has 0 saturated carbocycles. The van der Waals surface area contributed by atoms with Gasteiger partial charge in [0, 0.05) is 25.0 Å². The molecular formula is C14H24N6O7S. The maximum absolute atomic E-state index is 12.4. The third kappa shape index (κ3) is 4.70. The van der Waals surface area contributed by atoms with Gasteiger partial charge >= 0.3 is 16.4 Å². The van der Waals surface area contributed by atoms with Crippen LogP contribution in [0.15, 0.2) is 0 Å². The van der Waals surface area contributed by atoms with E-state index in [1.807, 2.05) is 0 Å². The molecule has 0 aromatic rings. The van der Waals surface area contributed by atoms with E-state index in [1.165, 1.54) is 0 Å². The number of carbonyl (C=O) groups excluding carboxylic acids is 3. The lowest BCUT2D eigenvalue weighted by Crippen LogP contribution is -2.55. The Kier molecular flexibility index (Phi) is 6.04. The summed E-state index contributed by atoms with van der Waals surface area (Å²) in [5.74, 6) is -1.06. The highest BCUT2D eigenvalue weighted by molar-refractivity contribution is 7.80. The fraction of sp³-hybridized carbons (Fsp3) is 0.786. The molecule has 0 aromatic carbocycles. The van der Waals surface area contributed by atoms with Crippen LogP contribution in [0.2, 0.25) is 0 Å². The first-order valence-electron chi connectivity index (χ1n) is 9.00. The van der Waals surface area contributed by atoms with Crippen molar-refractivity contribution < 1.29 is 31.6 Å². The number of hydrazine groups is 1. The number of nitrogens with zero attached hydrogens (tertiary/aromatic N) is 2. The van der Waals surface area contributed by atoms with E-state index in [9.17, 15) is 22.8 Å². The Labute approximate surface area is 161 Å². The summed E-state index contributed by atoms with van der Waals surface area (Å²) in [7, 11) is -4.85. The third-order valence-electron chi connectivity index (χ3n) is 5.16. The number of urea groups is 1. The molecule has 3 unspecified atom stereocenters. The summed E-state index contributed by atoms with van der Waals surface area (Å²) >= 11 is 0. The van der Waals surface area contributed by atoms with Gasteiger partial charge in [-0.2, -0.15) is 13.5 Å². The zero-order valence-electron chi connectivity index (χ0n) is 15.0. The first-order valence-corrected chi connectivity index (χ1v) is 10.4. The van der Waals surface area contributed by atoms with E-state index < -0.39 is 40.3 Å². The topological polar surface area (TPSA) is 183 Å². The molecule has 3 aliphatic rings. The van der Waals surface area contributed by atoms with Crippen LogP contribution >= 0.6 is 0 Å². The number of hydrogen-bond acceptors (Lipinski definition) is 8. The average Bonchev–Trinajstić information content (AvgIpc) is 3.23. The molecule has 2 bridgehead atoms. The fourth-order valence-corrected chi connectivity index (χ4v) is 4.19. The summed E-state index contributed by atoms with van der Waals surface area (Å²) in [6.07, 6.45) is 2.46. The van der Waals surface area contributed by atoms with Crippen molar-refractivity contribution in [3.63, 3.8) is 0 Å². The molecule has 6 N–H and O–H groups in total. The van der Waals surface area contributed by atoms with Gasteiger partial charge in [0.05, 0.1) is 6.04 Å². The molecule has 4 atom stereocenters. The minimum Gasteiger partial charge on any atom is -0.326 e. The summed E-state index contributed by atoms with van der Waals surface area (Å²) in [4.78, 5) is 37.8. The van der Waals surface area contributed by atoms with E-state index in [1.54, 1.807) is 0 Å². The third-order valence-corrected chi connectivity index (χ3v) is 5.51. The van der Waals surface area contributed by atoms with Crippen LogP contribution in [0.25, 0.3) is 0 Å². The first-order chi connectivity index (χ1) is 13.2. The molecule has 3 saturated heterocycles. The molecule has 0 radical (unpaired) electrons. The van der Waals surface area contributed by atoms with E-state index in [0.29, 0.717) is 11.5 Å². The maximum atomic E-state index is 12.4. The van der Waals surface area contributed by atoms with Crippen LogP contribution in [-0.4, -0.2) is 78.0 Å². The highest BCUT2D eigenvalue weighted by Crippen LogP contribution is 2.30. The number of nitrogens with one attached hydrogen (secondary N) is 3. The fourth-order valence-electron chi connectivity index (χ4n) is 3.80. The Morgan fingerprint density at radius 1 is 1.32 bits per heavy atom. The zero-order valence-corrected chi connectivity index (χ0v) is 15.9. The SMILES string of the molecule is NC(CC(=O)NNC(=O)[C@@H]1CCC2CN1C(=O)N2OS(=O)(=O)O)C1CCCN1. The van der Waals surface area contributed by atoms with E-state index >= 15 is 0 Å². The molecule has 0 aromatic heterocycles. The Morgan fingerprint density at radius 3 is 2.71 bits per heavy atom. The molecule has 158 valence electrons. The number of piperidine rings is 1. The van der Waals surface area contributed by atoms with Gasteiger partial charge < -0.3 is 16.0 Å². The summed E-state index contributed by atoms with van der Waals surface area (Å²) in [5, 5.41) is 3.76. The number of rotatable bonds is 6. The summed E-state index contributed by atoms with van der Waals surface area (Å²) in [6.45, 7) is 0.931. The highest BCUT2D eigenvalue weighted by atomic mass is 32.3. The Morgan fingerprint density at radius 2 is 2.07 bits per heavy atom. The van der Waals surface area contributed by atoms with Gasteiger partial charge in [-0.1, -0.05) is 0 Å². The van der Waals surface area contributed by atoms with Crippen LogP contribution < -0.4 is 21.9 Å². The smallest absolute Gasteiger partial charge is 0.326 e. The van der Waals surface area contributed by atoms with Crippen LogP contribution in [0.3, 0.4) is 0 Å². The van der Waals surface area contributed by atoms with Crippen molar-refractivity contribution in [2.45, 2.75) is 56.3 Å². The van der Waals surface area contributed by atoms with Crippen molar-refractivity contribution in [2.24, 2.45) is 5.73 Å². The van der Waals surface area contributed by atoms with Crippen molar-refractivity contribution in [2.75, 3.05) is 13.1 Å². The molecule has 3 rings (SSSR count). The summed E-state index contributed by atoms with van der Waals surface area (Å²) in [5.41, 5.74) is 10.6. The predicted octanol–water partition coefficient (Wildman–Crippen LogP) is -2.39. The molecule has 3 fully saturated rings. The monoisotopic (exact) mass is 420 g/mol. The molecule has 28 heavy (non-hydrogen) atoms. The minimum absolute atomic E-state index is 0.0311. The number of fused-ring (bicyclic) bond motifs is 2. The van der Waals surface area contributed by atoms with Crippen LogP contribution in [-0.2, 0) is 24.3 Å². The zero-order chi connectivity index (χ0) is 20.5. The summed E-state index contributed by atoms with van der Waals surface area (Å²) in [6, 6.07) is -2.65. The second-order valence-electron chi connectivity index (χ2n) is 7.12. The highest BCUT2D eigenvalue weighted by Gasteiger charge is 2.49. The van der Waals surface area contributed by atoms with E-state index in [4.69, 9.17) is 10.3 Å². The van der Waals surface area contributed by atoms with E-state index in [2.05, 4.69) is 20.5 Å². The molecular weight excluding hydrogens is 396 g/mol. The number of nitrogens with two attached hydrogens (primary N) is 1. The largest absolute Gasteiger partial charge is 0.418 e. The number of hydroxylamine groups is 2. The lowest BCUT2D eigenvalue weighted by molar-refractivity contribution is -0.132. The number of carbonyl (C=O) groups is 3. The predicted molar refractivity (Wildman–Crippen MR) is 93.3 cm³/mol. The van der Waals surface area contributed by atoms with Crippen molar-refractivity contribution in [3.05, 3.63) is 0 Å². The van der Waals surface area contributed by atoms with Gasteiger partial charge in [0.2, 0.25) is 5.91 Å². The standard InChI is InChI=1S/C14H24N6O7S/c15-9(10-2-1-5-16-10)6-12(21)17-18-13(22)11-4-3-8-7-19(11)14(23)20(8)27-28(24,25)26/h8-11,16H,1-7,15H2,(H,17,21)(H,18,22)(H,24,25,26)/t8?,9?,10?,11-/m0/s1. The molecule has 3 aliphatic heterocycles. The van der Waals surface area contributed by atoms with Gasteiger partial charge in [0.1, 0.15) is 6.04 Å².